The Kier molecular flexibility index (Phi) is 4.98. The number of hydrogen-bond donors (Lipinski definition) is 3. The summed E-state index contributed by atoms with van der Waals surface area (Å²) in [7, 11) is 1.58. The Morgan fingerprint density at radius 2 is 1.82 bits per heavy atom. The van der Waals surface area contributed by atoms with Gasteiger partial charge in [-0.25, -0.2) is 4.79 Å². The summed E-state index contributed by atoms with van der Waals surface area (Å²) in [6, 6.07) is 13.3. The summed E-state index contributed by atoms with van der Waals surface area (Å²) in [5.41, 5.74) is 1.36. The molecular formula is C16H16N2O4. The zero-order chi connectivity index (χ0) is 15.9. The molecule has 114 valence electrons. The number of ether oxygens (including phenoxy) is 1. The van der Waals surface area contributed by atoms with Gasteiger partial charge in [-0.1, -0.05) is 6.07 Å². The molecule has 0 spiro atoms. The van der Waals surface area contributed by atoms with Crippen molar-refractivity contribution < 1.29 is 19.4 Å². The van der Waals surface area contributed by atoms with E-state index >= 15 is 0 Å². The fourth-order valence-electron chi connectivity index (χ4n) is 1.83. The zero-order valence-electron chi connectivity index (χ0n) is 12.0. The number of anilines is 2. The molecule has 0 saturated heterocycles. The van der Waals surface area contributed by atoms with Gasteiger partial charge in [-0.2, -0.15) is 0 Å². The van der Waals surface area contributed by atoms with E-state index < -0.39 is 5.97 Å². The number of rotatable bonds is 6. The van der Waals surface area contributed by atoms with Gasteiger partial charge in [-0.3, -0.25) is 4.79 Å². The maximum Gasteiger partial charge on any atom is 0.335 e. The first kappa shape index (κ1) is 15.4. The van der Waals surface area contributed by atoms with Gasteiger partial charge in [0.1, 0.15) is 5.75 Å². The second-order valence-corrected chi connectivity index (χ2v) is 4.52. The minimum Gasteiger partial charge on any atom is -0.497 e. The molecule has 0 radical (unpaired) electrons. The Morgan fingerprint density at radius 3 is 2.45 bits per heavy atom. The smallest absolute Gasteiger partial charge is 0.335 e. The van der Waals surface area contributed by atoms with E-state index in [-0.39, 0.29) is 18.0 Å². The Morgan fingerprint density at radius 1 is 1.09 bits per heavy atom. The minimum absolute atomic E-state index is 0.0730. The number of nitrogens with one attached hydrogen (secondary N) is 2. The van der Waals surface area contributed by atoms with E-state index in [1.54, 1.807) is 43.5 Å². The van der Waals surface area contributed by atoms with E-state index in [0.717, 1.165) is 11.4 Å². The lowest BCUT2D eigenvalue weighted by molar-refractivity contribution is -0.114. The highest BCUT2D eigenvalue weighted by atomic mass is 16.5. The van der Waals surface area contributed by atoms with Gasteiger partial charge in [0, 0.05) is 11.4 Å². The summed E-state index contributed by atoms with van der Waals surface area (Å²) in [6.07, 6.45) is 0. The third-order valence-electron chi connectivity index (χ3n) is 2.94. The maximum absolute atomic E-state index is 11.8. The standard InChI is InChI=1S/C16H16N2O4/c1-22-14-7-5-12(6-8-14)17-10-15(19)18-13-4-2-3-11(9-13)16(20)21/h2-9,17H,10H2,1H3,(H,18,19)(H,20,21). The Bertz CT molecular complexity index is 668. The minimum atomic E-state index is -1.03. The summed E-state index contributed by atoms with van der Waals surface area (Å²) in [4.78, 5) is 22.7. The highest BCUT2D eigenvalue weighted by Gasteiger charge is 2.06. The van der Waals surface area contributed by atoms with E-state index in [9.17, 15) is 9.59 Å². The number of hydrogen-bond acceptors (Lipinski definition) is 4. The normalized spacial score (nSPS) is 9.86. The highest BCUT2D eigenvalue weighted by Crippen LogP contribution is 2.15. The van der Waals surface area contributed by atoms with Gasteiger partial charge in [0.25, 0.3) is 0 Å². The number of carboxylic acid groups (broad SMARTS) is 1. The number of methoxy groups -OCH3 is 1. The van der Waals surface area contributed by atoms with E-state index in [2.05, 4.69) is 10.6 Å². The fraction of sp³-hybridized carbons (Fsp3) is 0.125. The molecule has 0 saturated carbocycles. The number of amides is 1. The van der Waals surface area contributed by atoms with Crippen LogP contribution >= 0.6 is 0 Å². The second kappa shape index (κ2) is 7.12. The molecule has 22 heavy (non-hydrogen) atoms. The first-order valence-corrected chi connectivity index (χ1v) is 6.59. The van der Waals surface area contributed by atoms with E-state index in [0.29, 0.717) is 5.69 Å². The lowest BCUT2D eigenvalue weighted by Gasteiger charge is -2.09. The largest absolute Gasteiger partial charge is 0.497 e. The average Bonchev–Trinajstić information content (AvgIpc) is 2.53. The van der Waals surface area contributed by atoms with Gasteiger partial charge in [0.05, 0.1) is 19.2 Å². The third kappa shape index (κ3) is 4.24. The summed E-state index contributed by atoms with van der Waals surface area (Å²) in [5.74, 6) is -0.564. The number of carbonyl (C=O) groups is 2. The molecule has 0 aliphatic carbocycles. The number of carbonyl (C=O) groups excluding carboxylic acids is 1. The van der Waals surface area contributed by atoms with Crippen LogP contribution in [0.15, 0.2) is 48.5 Å². The van der Waals surface area contributed by atoms with Crippen molar-refractivity contribution >= 4 is 23.3 Å². The molecule has 0 fully saturated rings. The van der Waals surface area contributed by atoms with Crippen molar-refractivity contribution in [3.8, 4) is 5.75 Å². The molecule has 6 heteroatoms. The molecule has 0 atom stereocenters. The summed E-state index contributed by atoms with van der Waals surface area (Å²) >= 11 is 0. The molecule has 2 aromatic rings. The summed E-state index contributed by atoms with van der Waals surface area (Å²) in [6.45, 7) is 0.0730. The molecule has 0 bridgehead atoms. The van der Waals surface area contributed by atoms with Crippen LogP contribution in [0, 0.1) is 0 Å². The molecule has 0 aliphatic heterocycles. The van der Waals surface area contributed by atoms with Gasteiger partial charge in [-0.15, -0.1) is 0 Å². The SMILES string of the molecule is COc1ccc(NCC(=O)Nc2cccc(C(=O)O)c2)cc1. The van der Waals surface area contributed by atoms with Crippen LogP contribution in [0.5, 0.6) is 5.75 Å². The molecule has 3 N–H and O–H groups in total. The van der Waals surface area contributed by atoms with Gasteiger partial charge in [-0.05, 0) is 42.5 Å². The van der Waals surface area contributed by atoms with Crippen molar-refractivity contribution in [2.24, 2.45) is 0 Å². The molecule has 0 unspecified atom stereocenters. The number of carboxylic acids is 1. The average molecular weight is 300 g/mol. The van der Waals surface area contributed by atoms with E-state index in [1.165, 1.54) is 12.1 Å². The summed E-state index contributed by atoms with van der Waals surface area (Å²) < 4.78 is 5.05. The van der Waals surface area contributed by atoms with Crippen molar-refractivity contribution in [3.05, 3.63) is 54.1 Å². The van der Waals surface area contributed by atoms with E-state index in [4.69, 9.17) is 9.84 Å². The molecule has 1 amide bonds. The van der Waals surface area contributed by atoms with Crippen LogP contribution in [-0.2, 0) is 4.79 Å². The molecule has 2 rings (SSSR count). The monoisotopic (exact) mass is 300 g/mol. The van der Waals surface area contributed by atoms with Crippen molar-refractivity contribution in [3.63, 3.8) is 0 Å². The molecule has 0 aromatic heterocycles. The number of benzene rings is 2. The van der Waals surface area contributed by atoms with Gasteiger partial charge >= 0.3 is 5.97 Å². The Labute approximate surface area is 127 Å². The molecule has 0 heterocycles. The van der Waals surface area contributed by atoms with Crippen LogP contribution in [0.3, 0.4) is 0 Å². The van der Waals surface area contributed by atoms with Crippen LogP contribution in [0.2, 0.25) is 0 Å². The highest BCUT2D eigenvalue weighted by molar-refractivity contribution is 5.95. The van der Waals surface area contributed by atoms with Gasteiger partial charge < -0.3 is 20.5 Å². The Balaban J connectivity index is 1.89. The lowest BCUT2D eigenvalue weighted by Crippen LogP contribution is -2.21. The first-order chi connectivity index (χ1) is 10.6. The van der Waals surface area contributed by atoms with Gasteiger partial charge in [0.15, 0.2) is 0 Å². The molecule has 0 aliphatic rings. The van der Waals surface area contributed by atoms with Crippen molar-refractivity contribution in [2.75, 3.05) is 24.3 Å². The van der Waals surface area contributed by atoms with Gasteiger partial charge in [0.2, 0.25) is 5.91 Å². The molecule has 2 aromatic carbocycles. The topological polar surface area (TPSA) is 87.7 Å². The van der Waals surface area contributed by atoms with E-state index in [1.807, 2.05) is 0 Å². The maximum atomic E-state index is 11.8. The predicted molar refractivity (Wildman–Crippen MR) is 83.5 cm³/mol. The molecular weight excluding hydrogens is 284 g/mol. The molecule has 6 nitrogen and oxygen atoms in total. The fourth-order valence-corrected chi connectivity index (χ4v) is 1.83. The quantitative estimate of drug-likeness (QED) is 0.762. The van der Waals surface area contributed by atoms with Crippen LogP contribution in [-0.4, -0.2) is 30.6 Å². The zero-order valence-corrected chi connectivity index (χ0v) is 12.0. The summed E-state index contributed by atoms with van der Waals surface area (Å²) in [5, 5.41) is 14.5. The van der Waals surface area contributed by atoms with Crippen molar-refractivity contribution in [1.82, 2.24) is 0 Å². The van der Waals surface area contributed by atoms with Crippen molar-refractivity contribution in [1.29, 1.82) is 0 Å². The van der Waals surface area contributed by atoms with Crippen LogP contribution in [0.25, 0.3) is 0 Å². The van der Waals surface area contributed by atoms with Crippen LogP contribution in [0.1, 0.15) is 10.4 Å². The van der Waals surface area contributed by atoms with Crippen LogP contribution in [0.4, 0.5) is 11.4 Å². The predicted octanol–water partition coefficient (Wildman–Crippen LogP) is 2.44. The Hall–Kier alpha value is -3.02. The van der Waals surface area contributed by atoms with Crippen molar-refractivity contribution in [2.45, 2.75) is 0 Å². The second-order valence-electron chi connectivity index (χ2n) is 4.52. The van der Waals surface area contributed by atoms with Crippen LogP contribution < -0.4 is 15.4 Å². The third-order valence-corrected chi connectivity index (χ3v) is 2.94. The first-order valence-electron chi connectivity index (χ1n) is 6.59. The number of aromatic carboxylic acids is 1. The lowest BCUT2D eigenvalue weighted by atomic mass is 10.2.